The fraction of sp³-hybridized carbons (Fsp3) is 0.300. The highest BCUT2D eigenvalue weighted by atomic mass is 16.5. The second-order valence-electron chi connectivity index (χ2n) is 19.6. The van der Waals surface area contributed by atoms with Crippen LogP contribution in [0.15, 0.2) is 108 Å². The standard InChI is InChI=1S/C60H56N4O6/c1-35(2)9-7-11-37(5)25-27-69-43-17-13-39(14-18-43)33-63-57(65)47-23-21-45-51-41(31-61)29-49-55-50(30-42(32-62)52(56(51)55)46-22-24-48(58(63)66)54(47)53(45)46)60(68)64(59(49)67)34-40-15-19-44(20-16-40)70-28-26-38(6)12-8-10-36(3)4/h9-10,13-24,29-30,37-38H,7-8,11-12,25-28,33-34H2,1-6H3/t37-,38-/m0/s1. The minimum atomic E-state index is -0.552. The van der Waals surface area contributed by atoms with Gasteiger partial charge in [0.2, 0.25) is 0 Å². The predicted octanol–water partition coefficient (Wildman–Crippen LogP) is 13.4. The van der Waals surface area contributed by atoms with Crippen LogP contribution in [-0.4, -0.2) is 46.6 Å². The molecule has 0 fully saturated rings. The van der Waals surface area contributed by atoms with E-state index < -0.39 is 23.6 Å². The quantitative estimate of drug-likeness (QED) is 0.0358. The molecule has 7 aromatic carbocycles. The summed E-state index contributed by atoms with van der Waals surface area (Å²) in [6, 6.07) is 29.3. The Morgan fingerprint density at radius 1 is 0.500 bits per heavy atom. The highest BCUT2D eigenvalue weighted by molar-refractivity contribution is 6.42. The van der Waals surface area contributed by atoms with Gasteiger partial charge in [-0.05, 0) is 154 Å². The first-order chi connectivity index (χ1) is 33.8. The molecule has 4 amide bonds. The van der Waals surface area contributed by atoms with E-state index in [9.17, 15) is 29.7 Å². The van der Waals surface area contributed by atoms with Crippen molar-refractivity contribution in [2.24, 2.45) is 11.8 Å². The van der Waals surface area contributed by atoms with Gasteiger partial charge in [-0.3, -0.25) is 29.0 Å². The van der Waals surface area contributed by atoms with Crippen LogP contribution in [0.5, 0.6) is 11.5 Å². The van der Waals surface area contributed by atoms with Crippen LogP contribution in [0.25, 0.3) is 43.1 Å². The smallest absolute Gasteiger partial charge is 0.261 e. The second-order valence-corrected chi connectivity index (χ2v) is 19.6. The molecule has 0 N–H and O–H groups in total. The first-order valence-electron chi connectivity index (χ1n) is 24.3. The minimum Gasteiger partial charge on any atom is -0.494 e. The maximum atomic E-state index is 14.5. The summed E-state index contributed by atoms with van der Waals surface area (Å²) < 4.78 is 12.1. The molecule has 0 unspecified atom stereocenters. The van der Waals surface area contributed by atoms with E-state index in [1.807, 2.05) is 48.5 Å². The third kappa shape index (κ3) is 8.87. The summed E-state index contributed by atoms with van der Waals surface area (Å²) in [5.41, 5.74) is 5.47. The van der Waals surface area contributed by atoms with Crippen LogP contribution in [0.1, 0.15) is 144 Å². The van der Waals surface area contributed by atoms with Gasteiger partial charge in [0.05, 0.1) is 60.7 Å². The summed E-state index contributed by atoms with van der Waals surface area (Å²) in [6.07, 6.45) is 10.7. The van der Waals surface area contributed by atoms with Crippen molar-refractivity contribution in [1.82, 2.24) is 9.80 Å². The molecule has 0 aliphatic carbocycles. The van der Waals surface area contributed by atoms with Crippen molar-refractivity contribution in [2.45, 2.75) is 93.2 Å². The topological polar surface area (TPSA) is 141 Å². The second kappa shape index (κ2) is 19.7. The van der Waals surface area contributed by atoms with E-state index in [1.165, 1.54) is 28.2 Å². The molecule has 0 aromatic heterocycles. The van der Waals surface area contributed by atoms with Crippen LogP contribution in [-0.2, 0) is 13.1 Å². The monoisotopic (exact) mass is 928 g/mol. The van der Waals surface area contributed by atoms with Gasteiger partial charge in [-0.1, -0.05) is 73.5 Å². The van der Waals surface area contributed by atoms with Gasteiger partial charge in [0.25, 0.3) is 23.6 Å². The molecule has 2 aliphatic rings. The highest BCUT2D eigenvalue weighted by Gasteiger charge is 2.38. The number of carbonyl (C=O) groups is 4. The van der Waals surface area contributed by atoms with Crippen molar-refractivity contribution in [3.8, 4) is 23.6 Å². The highest BCUT2D eigenvalue weighted by Crippen LogP contribution is 2.49. The molecule has 70 heavy (non-hydrogen) atoms. The lowest BCUT2D eigenvalue weighted by Gasteiger charge is -2.31. The number of ether oxygens (including phenoxy) is 2. The molecule has 10 nitrogen and oxygen atoms in total. The van der Waals surface area contributed by atoms with Gasteiger partial charge in [0, 0.05) is 38.1 Å². The third-order valence-electron chi connectivity index (χ3n) is 14.0. The number of allylic oxidation sites excluding steroid dienone is 4. The fourth-order valence-electron chi connectivity index (χ4n) is 10.1. The number of amides is 4. The van der Waals surface area contributed by atoms with Gasteiger partial charge in [-0.25, -0.2) is 0 Å². The number of fused-ring (bicyclic) bond motifs is 2. The number of benzene rings is 7. The van der Waals surface area contributed by atoms with Gasteiger partial charge < -0.3 is 9.47 Å². The van der Waals surface area contributed by atoms with Gasteiger partial charge in [-0.15, -0.1) is 0 Å². The van der Waals surface area contributed by atoms with Gasteiger partial charge in [0.15, 0.2) is 0 Å². The Balaban J connectivity index is 0.992. The first kappa shape index (κ1) is 47.3. The van der Waals surface area contributed by atoms with Crippen molar-refractivity contribution in [1.29, 1.82) is 10.5 Å². The van der Waals surface area contributed by atoms with E-state index in [-0.39, 0.29) is 35.3 Å². The Kier molecular flexibility index (Phi) is 13.3. The molecule has 10 heteroatoms. The predicted molar refractivity (Wildman–Crippen MR) is 274 cm³/mol. The lowest BCUT2D eigenvalue weighted by Crippen LogP contribution is -2.40. The third-order valence-corrected chi connectivity index (χ3v) is 14.0. The number of hydrogen-bond donors (Lipinski definition) is 0. The normalized spacial score (nSPS) is 14.1. The molecule has 2 atom stereocenters. The first-order valence-corrected chi connectivity index (χ1v) is 24.3. The molecule has 2 heterocycles. The number of imide groups is 2. The fourth-order valence-corrected chi connectivity index (χ4v) is 10.1. The molecule has 7 aromatic rings. The van der Waals surface area contributed by atoms with Crippen LogP contribution < -0.4 is 9.47 Å². The Hall–Kier alpha value is -7.82. The Bertz CT molecular complexity index is 3260. The minimum absolute atomic E-state index is 0.0307. The molecule has 2 aliphatic heterocycles. The molecular formula is C60H56N4O6. The van der Waals surface area contributed by atoms with Crippen LogP contribution in [0, 0.1) is 34.5 Å². The summed E-state index contributed by atoms with van der Waals surface area (Å²) in [4.78, 5) is 60.2. The molecule has 0 saturated carbocycles. The average molecular weight is 929 g/mol. The summed E-state index contributed by atoms with van der Waals surface area (Å²) in [6.45, 7) is 14.1. The summed E-state index contributed by atoms with van der Waals surface area (Å²) >= 11 is 0. The summed E-state index contributed by atoms with van der Waals surface area (Å²) in [7, 11) is 0. The number of nitriles is 2. The molecule has 352 valence electrons. The van der Waals surface area contributed by atoms with Crippen LogP contribution >= 0.6 is 0 Å². The molecule has 0 radical (unpaired) electrons. The molecular weight excluding hydrogens is 873 g/mol. The maximum absolute atomic E-state index is 14.5. The summed E-state index contributed by atoms with van der Waals surface area (Å²) in [5, 5.41) is 25.4. The van der Waals surface area contributed by atoms with E-state index in [2.05, 4.69) is 65.8 Å². The van der Waals surface area contributed by atoms with Crippen LogP contribution in [0.3, 0.4) is 0 Å². The van der Waals surface area contributed by atoms with Crippen molar-refractivity contribution in [3.05, 3.63) is 153 Å². The lowest BCUT2D eigenvalue weighted by molar-refractivity contribution is 0.0583. The van der Waals surface area contributed by atoms with Gasteiger partial charge in [0.1, 0.15) is 11.5 Å². The Morgan fingerprint density at radius 2 is 0.886 bits per heavy atom. The number of hydrogen-bond acceptors (Lipinski definition) is 8. The number of rotatable bonds is 18. The van der Waals surface area contributed by atoms with Crippen LogP contribution in [0.2, 0.25) is 0 Å². The van der Waals surface area contributed by atoms with Gasteiger partial charge in [-0.2, -0.15) is 10.5 Å². The lowest BCUT2D eigenvalue weighted by atomic mass is 9.79. The van der Waals surface area contributed by atoms with Crippen molar-refractivity contribution >= 4 is 66.7 Å². The van der Waals surface area contributed by atoms with Crippen molar-refractivity contribution < 1.29 is 28.7 Å². The van der Waals surface area contributed by atoms with E-state index in [1.54, 1.807) is 24.3 Å². The average Bonchev–Trinajstić information content (AvgIpc) is 3.34. The van der Waals surface area contributed by atoms with Crippen LogP contribution in [0.4, 0.5) is 0 Å². The maximum Gasteiger partial charge on any atom is 0.261 e. The molecule has 0 bridgehead atoms. The Morgan fingerprint density at radius 3 is 1.27 bits per heavy atom. The zero-order valence-electron chi connectivity index (χ0n) is 40.7. The van der Waals surface area contributed by atoms with Crippen molar-refractivity contribution in [2.75, 3.05) is 13.2 Å². The van der Waals surface area contributed by atoms with E-state index in [0.717, 1.165) is 54.7 Å². The van der Waals surface area contributed by atoms with Gasteiger partial charge >= 0.3 is 0 Å². The molecule has 0 saturated heterocycles. The number of nitrogens with zero attached hydrogens (tertiary/aromatic N) is 4. The molecule has 0 spiro atoms. The van der Waals surface area contributed by atoms with E-state index in [0.29, 0.717) is 90.6 Å². The van der Waals surface area contributed by atoms with Crippen molar-refractivity contribution in [3.63, 3.8) is 0 Å². The van der Waals surface area contributed by atoms with E-state index >= 15 is 0 Å². The Labute approximate surface area is 408 Å². The number of carbonyl (C=O) groups excluding carboxylic acids is 4. The zero-order valence-corrected chi connectivity index (χ0v) is 40.7. The zero-order chi connectivity index (χ0) is 49.4. The largest absolute Gasteiger partial charge is 0.494 e. The molecule has 9 rings (SSSR count). The SMILES string of the molecule is CC(C)=CCC[C@H](C)CCOc1ccc(CN2C(=O)c3ccc4c5c(C#N)cc6c7c(cc(C#N)c(c8ccc(c3c48)C2=O)c75)C(=O)N(Cc2ccc(OCC[C@@H](C)CCC=C(C)C)cc2)C6=O)cc1. The van der Waals surface area contributed by atoms with E-state index in [4.69, 9.17) is 9.47 Å². The summed E-state index contributed by atoms with van der Waals surface area (Å²) in [5.74, 6) is 0.429.